The number of ether oxygens (including phenoxy) is 2. The van der Waals surface area contributed by atoms with Crippen LogP contribution in [0, 0.1) is 34.5 Å². The van der Waals surface area contributed by atoms with Crippen LogP contribution in [0.15, 0.2) is 0 Å². The van der Waals surface area contributed by atoms with E-state index >= 15 is 0 Å². The van der Waals surface area contributed by atoms with E-state index in [1.165, 1.54) is 116 Å². The third-order valence-corrected chi connectivity index (χ3v) is 15.3. The summed E-state index contributed by atoms with van der Waals surface area (Å²) in [4.78, 5) is 14.1. The van der Waals surface area contributed by atoms with Gasteiger partial charge in [0.15, 0.2) is 5.78 Å². The Morgan fingerprint density at radius 3 is 1.18 bits per heavy atom. The van der Waals surface area contributed by atoms with Crippen molar-refractivity contribution in [1.29, 1.82) is 0 Å². The monoisotopic (exact) mass is 666 g/mol. The molecule has 2 spiro atoms. The average molecular weight is 668 g/mol. The van der Waals surface area contributed by atoms with E-state index in [0.29, 0.717) is 18.0 Å². The molecule has 0 N–H and O–H groups in total. The first-order valence-electron chi connectivity index (χ1n) is 20.0. The van der Waals surface area contributed by atoms with Crippen molar-refractivity contribution < 1.29 is 14.3 Å². The average Bonchev–Trinajstić information content (AvgIpc) is 3.08. The number of hydrogen-bond acceptors (Lipinski definition) is 3. The fraction of sp³-hybridized carbons (Fsp3) is 0.975. The Hall–Kier alpha value is 0.170. The van der Waals surface area contributed by atoms with Crippen LogP contribution in [0.25, 0.3) is 0 Å². The predicted octanol–water partition coefficient (Wildman–Crippen LogP) is 12.2. The minimum atomic E-state index is -0.877. The molecule has 260 valence electrons. The predicted molar refractivity (Wildman–Crippen MR) is 189 cm³/mol. The van der Waals surface area contributed by atoms with Gasteiger partial charge in [-0.3, -0.25) is 4.79 Å². The van der Waals surface area contributed by atoms with Crippen molar-refractivity contribution in [2.45, 2.75) is 197 Å². The molecule has 3 nitrogen and oxygen atoms in total. The van der Waals surface area contributed by atoms with Crippen molar-refractivity contribution in [3.63, 3.8) is 0 Å². The standard InChI is InChI=1S/C40H68Cl2O3/c1-3-5-7-9-11-29-44-35-17-13-31(14-18-35)33-21-25-38(26-22-33)37(43)39(40(38,41)42)27-23-34(24-28-39)32-15-19-36(20-16-32)45-30-12-10-8-6-4-2/h31-36H,3-30H2,1-2H3/t31?,32?,33-,34?,35?,36?,38+,39-. The molecule has 0 aromatic heterocycles. The molecule has 0 radical (unpaired) electrons. The van der Waals surface area contributed by atoms with Gasteiger partial charge in [0.05, 0.1) is 23.0 Å². The summed E-state index contributed by atoms with van der Waals surface area (Å²) in [6, 6.07) is 0. The minimum Gasteiger partial charge on any atom is -0.378 e. The number of alkyl halides is 2. The van der Waals surface area contributed by atoms with E-state index in [4.69, 9.17) is 32.7 Å². The molecular formula is C40H68Cl2O3. The summed E-state index contributed by atoms with van der Waals surface area (Å²) in [5.41, 5.74) is -0.965. The normalized spacial score (nSPS) is 38.4. The van der Waals surface area contributed by atoms with Crippen LogP contribution in [-0.2, 0) is 14.3 Å². The first-order chi connectivity index (χ1) is 21.9. The van der Waals surface area contributed by atoms with Gasteiger partial charge in [-0.1, -0.05) is 88.4 Å². The summed E-state index contributed by atoms with van der Waals surface area (Å²) in [5, 5.41) is 0. The van der Waals surface area contributed by atoms with Gasteiger partial charge in [-0.15, -0.1) is 0 Å². The molecule has 0 heterocycles. The maximum atomic E-state index is 14.1. The van der Waals surface area contributed by atoms with Crippen molar-refractivity contribution in [2.24, 2.45) is 34.5 Å². The van der Waals surface area contributed by atoms with Crippen LogP contribution in [0.2, 0.25) is 0 Å². The van der Waals surface area contributed by atoms with Crippen molar-refractivity contribution >= 4 is 29.0 Å². The summed E-state index contributed by atoms with van der Waals surface area (Å²) < 4.78 is 11.6. The minimum absolute atomic E-state index is 0.448. The summed E-state index contributed by atoms with van der Waals surface area (Å²) in [5.74, 6) is 3.49. The van der Waals surface area contributed by atoms with Gasteiger partial charge < -0.3 is 9.47 Å². The van der Waals surface area contributed by atoms with E-state index in [9.17, 15) is 4.79 Å². The molecule has 0 bridgehead atoms. The number of ketones is 1. The van der Waals surface area contributed by atoms with Gasteiger partial charge in [0.25, 0.3) is 0 Å². The van der Waals surface area contributed by atoms with Crippen LogP contribution >= 0.6 is 23.2 Å². The van der Waals surface area contributed by atoms with E-state index < -0.39 is 15.2 Å². The van der Waals surface area contributed by atoms with Gasteiger partial charge in [0.1, 0.15) is 4.33 Å². The summed E-state index contributed by atoms with van der Waals surface area (Å²) >= 11 is 14.7. The zero-order valence-corrected chi connectivity index (χ0v) is 30.8. The number of carbonyl (C=O) groups is 1. The molecule has 5 heteroatoms. The van der Waals surface area contributed by atoms with Crippen molar-refractivity contribution in [2.75, 3.05) is 13.2 Å². The van der Waals surface area contributed by atoms with Gasteiger partial charge in [0.2, 0.25) is 0 Å². The Kier molecular flexibility index (Phi) is 13.9. The second-order valence-corrected chi connectivity index (χ2v) is 17.7. The van der Waals surface area contributed by atoms with Gasteiger partial charge in [-0.25, -0.2) is 0 Å². The lowest BCUT2D eigenvalue weighted by Gasteiger charge is -2.67. The van der Waals surface area contributed by atoms with Crippen molar-refractivity contribution in [3.8, 4) is 0 Å². The van der Waals surface area contributed by atoms with Crippen LogP contribution in [0.5, 0.6) is 0 Å². The molecule has 0 unspecified atom stereocenters. The van der Waals surface area contributed by atoms with Crippen LogP contribution in [0.4, 0.5) is 0 Å². The highest BCUT2D eigenvalue weighted by Gasteiger charge is 2.79. The van der Waals surface area contributed by atoms with Gasteiger partial charge in [0, 0.05) is 13.2 Å². The number of unbranched alkanes of at least 4 members (excludes halogenated alkanes) is 8. The maximum Gasteiger partial charge on any atom is 0.151 e. The van der Waals surface area contributed by atoms with Crippen molar-refractivity contribution in [3.05, 3.63) is 0 Å². The lowest BCUT2D eigenvalue weighted by molar-refractivity contribution is -0.173. The van der Waals surface area contributed by atoms with E-state index in [1.54, 1.807) is 0 Å². The fourth-order valence-electron chi connectivity index (χ4n) is 10.8. The molecule has 0 saturated heterocycles. The maximum absolute atomic E-state index is 14.1. The van der Waals surface area contributed by atoms with E-state index in [-0.39, 0.29) is 0 Å². The van der Waals surface area contributed by atoms with E-state index in [1.807, 2.05) is 0 Å². The molecule has 0 aromatic rings. The molecule has 0 aliphatic heterocycles. The smallest absolute Gasteiger partial charge is 0.151 e. The molecule has 5 saturated carbocycles. The van der Waals surface area contributed by atoms with Crippen molar-refractivity contribution in [1.82, 2.24) is 0 Å². The Bertz CT molecular complexity index is 804. The Morgan fingerprint density at radius 2 is 0.844 bits per heavy atom. The Labute approximate surface area is 287 Å². The number of carbonyl (C=O) groups excluding carboxylic acids is 1. The Balaban J connectivity index is 0.999. The second-order valence-electron chi connectivity index (χ2n) is 16.4. The number of Topliss-reactive ketones (excluding diaryl/α,β-unsaturated/α-hetero) is 1. The lowest BCUT2D eigenvalue weighted by atomic mass is 9.41. The van der Waals surface area contributed by atoms with Crippen LogP contribution in [-0.4, -0.2) is 35.5 Å². The van der Waals surface area contributed by atoms with Crippen LogP contribution in [0.1, 0.15) is 181 Å². The summed E-state index contributed by atoms with van der Waals surface area (Å²) in [6.45, 7) is 6.43. The molecule has 0 aromatic carbocycles. The number of rotatable bonds is 16. The van der Waals surface area contributed by atoms with Gasteiger partial charge >= 0.3 is 0 Å². The third kappa shape index (κ3) is 8.15. The van der Waals surface area contributed by atoms with E-state index in [0.717, 1.165) is 88.3 Å². The number of hydrogen-bond donors (Lipinski definition) is 0. The van der Waals surface area contributed by atoms with Gasteiger partial charge in [-0.05, 0) is 139 Å². The molecule has 0 atom stereocenters. The molecule has 5 fully saturated rings. The molecule has 5 rings (SSSR count). The largest absolute Gasteiger partial charge is 0.378 e. The Morgan fingerprint density at radius 1 is 0.511 bits per heavy atom. The van der Waals surface area contributed by atoms with Crippen LogP contribution in [0.3, 0.4) is 0 Å². The number of halogens is 2. The summed E-state index contributed by atoms with van der Waals surface area (Å²) in [6.07, 6.45) is 32.2. The molecule has 0 amide bonds. The first-order valence-corrected chi connectivity index (χ1v) is 20.8. The first kappa shape index (κ1) is 36.5. The zero-order chi connectivity index (χ0) is 31.8. The molecule has 5 aliphatic rings. The molecular weight excluding hydrogens is 599 g/mol. The quantitative estimate of drug-likeness (QED) is 0.121. The molecule has 45 heavy (non-hydrogen) atoms. The molecule has 5 aliphatic carbocycles. The second kappa shape index (κ2) is 17.2. The fourth-order valence-corrected chi connectivity index (χ4v) is 11.9. The topological polar surface area (TPSA) is 35.5 Å². The SMILES string of the molecule is CCCCCCCOC1CCC(C2CC[C@]3(CC2)C(=O)[C@@]2(CC[C@@H](C4CCC(OCCCCCCC)CC4)CC2)C3(Cl)Cl)CC1. The highest BCUT2D eigenvalue weighted by atomic mass is 35.5. The van der Waals surface area contributed by atoms with E-state index in [2.05, 4.69) is 13.8 Å². The van der Waals surface area contributed by atoms with Crippen LogP contribution < -0.4 is 0 Å². The zero-order valence-electron chi connectivity index (χ0n) is 29.2. The highest BCUT2D eigenvalue weighted by Crippen LogP contribution is 2.75. The van der Waals surface area contributed by atoms with Gasteiger partial charge in [-0.2, -0.15) is 0 Å². The highest BCUT2D eigenvalue weighted by molar-refractivity contribution is 6.55. The third-order valence-electron chi connectivity index (χ3n) is 13.8. The lowest BCUT2D eigenvalue weighted by Crippen LogP contribution is -2.74. The summed E-state index contributed by atoms with van der Waals surface area (Å²) in [7, 11) is 0.